The fourth-order valence-corrected chi connectivity index (χ4v) is 2.14. The normalized spacial score (nSPS) is 12.7. The first-order chi connectivity index (χ1) is 9.01. The molecule has 1 aromatic carbocycles. The van der Waals surface area contributed by atoms with E-state index in [0.717, 1.165) is 25.0 Å². The minimum Gasteiger partial charge on any atom is -0.480 e. The van der Waals surface area contributed by atoms with Crippen LogP contribution in [0.15, 0.2) is 18.2 Å². The smallest absolute Gasteiger partial charge is 0.325 e. The van der Waals surface area contributed by atoms with Gasteiger partial charge in [0.1, 0.15) is 6.04 Å². The van der Waals surface area contributed by atoms with Crippen LogP contribution in [0.1, 0.15) is 38.3 Å². The number of carboxylic acid groups (broad SMARTS) is 1. The van der Waals surface area contributed by atoms with E-state index in [1.165, 1.54) is 6.07 Å². The largest absolute Gasteiger partial charge is 0.480 e. The summed E-state index contributed by atoms with van der Waals surface area (Å²) in [6.07, 6.45) is 1.60. The van der Waals surface area contributed by atoms with Crippen molar-refractivity contribution in [1.29, 1.82) is 0 Å². The lowest BCUT2D eigenvalue weighted by atomic mass is 10.0. The Kier molecular flexibility index (Phi) is 5.89. The maximum absolute atomic E-state index is 13.3. The molecule has 0 aromatic heterocycles. The molecule has 1 aromatic rings. The summed E-state index contributed by atoms with van der Waals surface area (Å²) in [6, 6.07) is 2.33. The summed E-state index contributed by atoms with van der Waals surface area (Å²) in [7, 11) is 0. The molecule has 0 aliphatic carbocycles. The van der Waals surface area contributed by atoms with E-state index in [1.54, 1.807) is 4.90 Å². The molecule has 0 radical (unpaired) electrons. The molecule has 0 fully saturated rings. The summed E-state index contributed by atoms with van der Waals surface area (Å²) in [5.41, 5.74) is 0.272. The Hall–Kier alpha value is -1.49. The van der Waals surface area contributed by atoms with Gasteiger partial charge in [-0.25, -0.2) is 8.78 Å². The van der Waals surface area contributed by atoms with Crippen molar-refractivity contribution in [2.24, 2.45) is 0 Å². The zero-order chi connectivity index (χ0) is 14.4. The van der Waals surface area contributed by atoms with E-state index in [0.29, 0.717) is 13.1 Å². The molecule has 0 aliphatic rings. The van der Waals surface area contributed by atoms with Gasteiger partial charge >= 0.3 is 5.97 Å². The summed E-state index contributed by atoms with van der Waals surface area (Å²) in [6.45, 7) is 5.10. The molecular formula is C14H19F2NO2. The molecule has 0 spiro atoms. The molecule has 1 N–H and O–H groups in total. The number of rotatable bonds is 7. The molecule has 0 saturated heterocycles. The van der Waals surface area contributed by atoms with E-state index < -0.39 is 23.6 Å². The second kappa shape index (κ2) is 7.19. The average Bonchev–Trinajstić information content (AvgIpc) is 2.34. The van der Waals surface area contributed by atoms with Crippen molar-refractivity contribution < 1.29 is 18.7 Å². The summed E-state index contributed by atoms with van der Waals surface area (Å²) in [4.78, 5) is 13.2. The third-order valence-corrected chi connectivity index (χ3v) is 2.88. The summed E-state index contributed by atoms with van der Waals surface area (Å²) >= 11 is 0. The summed E-state index contributed by atoms with van der Waals surface area (Å²) < 4.78 is 26.2. The third-order valence-electron chi connectivity index (χ3n) is 2.88. The minimum absolute atomic E-state index is 0.272. The predicted octanol–water partition coefficient (Wildman–Crippen LogP) is 3.21. The third kappa shape index (κ3) is 3.99. The lowest BCUT2D eigenvalue weighted by Gasteiger charge is -2.28. The van der Waals surface area contributed by atoms with Crippen molar-refractivity contribution in [3.8, 4) is 0 Å². The Morgan fingerprint density at radius 3 is 2.21 bits per heavy atom. The molecule has 1 unspecified atom stereocenters. The monoisotopic (exact) mass is 271 g/mol. The van der Waals surface area contributed by atoms with Gasteiger partial charge in [-0.2, -0.15) is 0 Å². The lowest BCUT2D eigenvalue weighted by molar-refractivity contribution is -0.143. The van der Waals surface area contributed by atoms with Crippen molar-refractivity contribution in [2.75, 3.05) is 13.1 Å². The lowest BCUT2D eigenvalue weighted by Crippen LogP contribution is -2.35. The van der Waals surface area contributed by atoms with Gasteiger partial charge in [0.05, 0.1) is 0 Å². The fourth-order valence-electron chi connectivity index (χ4n) is 2.14. The molecule has 0 amide bonds. The van der Waals surface area contributed by atoms with E-state index in [4.69, 9.17) is 0 Å². The topological polar surface area (TPSA) is 40.5 Å². The van der Waals surface area contributed by atoms with E-state index >= 15 is 0 Å². The van der Waals surface area contributed by atoms with Gasteiger partial charge in [-0.3, -0.25) is 9.69 Å². The van der Waals surface area contributed by atoms with Gasteiger partial charge in [0.2, 0.25) is 0 Å². The van der Waals surface area contributed by atoms with E-state index in [2.05, 4.69) is 0 Å². The van der Waals surface area contributed by atoms with Crippen LogP contribution in [0.3, 0.4) is 0 Å². The number of carbonyl (C=O) groups is 1. The van der Waals surface area contributed by atoms with Crippen LogP contribution < -0.4 is 0 Å². The van der Waals surface area contributed by atoms with Crippen LogP contribution in [0.5, 0.6) is 0 Å². The van der Waals surface area contributed by atoms with Crippen molar-refractivity contribution in [1.82, 2.24) is 4.90 Å². The highest BCUT2D eigenvalue weighted by molar-refractivity contribution is 5.75. The Morgan fingerprint density at radius 2 is 1.79 bits per heavy atom. The Morgan fingerprint density at radius 1 is 1.21 bits per heavy atom. The van der Waals surface area contributed by atoms with E-state index in [1.807, 2.05) is 13.8 Å². The van der Waals surface area contributed by atoms with Crippen LogP contribution in [-0.2, 0) is 4.79 Å². The second-order valence-corrected chi connectivity index (χ2v) is 4.45. The first kappa shape index (κ1) is 15.6. The minimum atomic E-state index is -1.05. The van der Waals surface area contributed by atoms with Gasteiger partial charge < -0.3 is 5.11 Å². The molecule has 0 aliphatic heterocycles. The number of nitrogens with zero attached hydrogens (tertiary/aromatic N) is 1. The highest BCUT2D eigenvalue weighted by atomic mass is 19.2. The number of aliphatic carboxylic acids is 1. The number of halogens is 2. The van der Waals surface area contributed by atoms with Crippen molar-refractivity contribution in [3.05, 3.63) is 35.4 Å². The molecule has 1 rings (SSSR count). The van der Waals surface area contributed by atoms with Gasteiger partial charge in [0.15, 0.2) is 11.6 Å². The first-order valence-electron chi connectivity index (χ1n) is 6.43. The standard InChI is InChI=1S/C14H19F2NO2/c1-3-7-17(8-4-2)13(14(18)19)10-5-6-11(15)12(16)9-10/h5-6,9,13H,3-4,7-8H2,1-2H3,(H,18,19). The maximum Gasteiger partial charge on any atom is 0.325 e. The molecule has 3 nitrogen and oxygen atoms in total. The molecule has 0 heterocycles. The molecule has 1 atom stereocenters. The van der Waals surface area contributed by atoms with Gasteiger partial charge in [-0.15, -0.1) is 0 Å². The Bertz CT molecular complexity index is 431. The predicted molar refractivity (Wildman–Crippen MR) is 68.9 cm³/mol. The van der Waals surface area contributed by atoms with Crippen LogP contribution in [0.2, 0.25) is 0 Å². The van der Waals surface area contributed by atoms with Gasteiger partial charge in [0, 0.05) is 0 Å². The zero-order valence-electron chi connectivity index (χ0n) is 11.2. The molecule has 5 heteroatoms. The highest BCUT2D eigenvalue weighted by Gasteiger charge is 2.27. The molecular weight excluding hydrogens is 252 g/mol. The maximum atomic E-state index is 13.3. The fraction of sp³-hybridized carbons (Fsp3) is 0.500. The highest BCUT2D eigenvalue weighted by Crippen LogP contribution is 2.23. The average molecular weight is 271 g/mol. The summed E-state index contributed by atoms with van der Waals surface area (Å²) in [5.74, 6) is -3.03. The molecule has 19 heavy (non-hydrogen) atoms. The second-order valence-electron chi connectivity index (χ2n) is 4.45. The number of hydrogen-bond acceptors (Lipinski definition) is 2. The SMILES string of the molecule is CCCN(CCC)C(C(=O)O)c1ccc(F)c(F)c1. The number of carboxylic acids is 1. The van der Waals surface area contributed by atoms with Crippen molar-refractivity contribution in [3.63, 3.8) is 0 Å². The summed E-state index contributed by atoms with van der Waals surface area (Å²) in [5, 5.41) is 9.35. The van der Waals surface area contributed by atoms with Crippen molar-refractivity contribution >= 4 is 5.97 Å². The van der Waals surface area contributed by atoms with E-state index in [9.17, 15) is 18.7 Å². The van der Waals surface area contributed by atoms with Crippen LogP contribution >= 0.6 is 0 Å². The molecule has 106 valence electrons. The van der Waals surface area contributed by atoms with Crippen LogP contribution in [0.25, 0.3) is 0 Å². The van der Waals surface area contributed by atoms with E-state index in [-0.39, 0.29) is 5.56 Å². The number of benzene rings is 1. The molecule has 0 bridgehead atoms. The van der Waals surface area contributed by atoms with Crippen LogP contribution in [-0.4, -0.2) is 29.1 Å². The Balaban J connectivity index is 3.10. The zero-order valence-corrected chi connectivity index (χ0v) is 11.2. The Labute approximate surface area is 111 Å². The van der Waals surface area contributed by atoms with Crippen molar-refractivity contribution in [2.45, 2.75) is 32.7 Å². The van der Waals surface area contributed by atoms with Gasteiger partial charge in [-0.05, 0) is 43.6 Å². The van der Waals surface area contributed by atoms with Gasteiger partial charge in [-0.1, -0.05) is 19.9 Å². The van der Waals surface area contributed by atoms with Crippen LogP contribution in [0.4, 0.5) is 8.78 Å². The van der Waals surface area contributed by atoms with Gasteiger partial charge in [0.25, 0.3) is 0 Å². The van der Waals surface area contributed by atoms with Crippen LogP contribution in [0, 0.1) is 11.6 Å². The first-order valence-corrected chi connectivity index (χ1v) is 6.43. The molecule has 0 saturated carbocycles. The number of hydrogen-bond donors (Lipinski definition) is 1. The quantitative estimate of drug-likeness (QED) is 0.827.